The van der Waals surface area contributed by atoms with Crippen molar-refractivity contribution in [2.75, 3.05) is 31.5 Å². The molecule has 8 nitrogen and oxygen atoms in total. The molecule has 0 aliphatic rings. The number of carbonyl (C=O) groups is 2. The molecular formula is C25H35ClN4O4S. The van der Waals surface area contributed by atoms with Crippen LogP contribution in [0.15, 0.2) is 54.6 Å². The Morgan fingerprint density at radius 3 is 2.14 bits per heavy atom. The Morgan fingerprint density at radius 2 is 1.60 bits per heavy atom. The SMILES string of the molecule is CC[C@@H](C(=O)NCC(C)C)N(Cc1ccccc1Cl)C(=O)CN(c1ccccc1)S(=O)(=O)N(C)C. The predicted molar refractivity (Wildman–Crippen MR) is 140 cm³/mol. The van der Waals surface area contributed by atoms with E-state index < -0.39 is 28.7 Å². The van der Waals surface area contributed by atoms with Crippen LogP contribution in [0.1, 0.15) is 32.8 Å². The van der Waals surface area contributed by atoms with E-state index >= 15 is 0 Å². The first-order valence-electron chi connectivity index (χ1n) is 11.5. The van der Waals surface area contributed by atoms with Gasteiger partial charge in [0.1, 0.15) is 12.6 Å². The van der Waals surface area contributed by atoms with E-state index in [-0.39, 0.29) is 18.4 Å². The van der Waals surface area contributed by atoms with E-state index in [1.54, 1.807) is 54.6 Å². The number of amides is 2. The predicted octanol–water partition coefficient (Wildman–Crippen LogP) is 3.53. The molecule has 0 saturated carbocycles. The number of nitrogens with zero attached hydrogens (tertiary/aromatic N) is 3. The first kappa shape index (κ1) is 28.6. The van der Waals surface area contributed by atoms with Gasteiger partial charge in [-0.15, -0.1) is 0 Å². The molecule has 0 radical (unpaired) electrons. The van der Waals surface area contributed by atoms with Gasteiger partial charge >= 0.3 is 10.2 Å². The van der Waals surface area contributed by atoms with E-state index in [0.29, 0.717) is 29.2 Å². The summed E-state index contributed by atoms with van der Waals surface area (Å²) in [6, 6.07) is 14.7. The Balaban J connectivity index is 2.47. The molecule has 0 aromatic heterocycles. The second-order valence-corrected chi connectivity index (χ2v) is 11.3. The van der Waals surface area contributed by atoms with Crippen molar-refractivity contribution in [1.29, 1.82) is 0 Å². The summed E-state index contributed by atoms with van der Waals surface area (Å²) in [6.07, 6.45) is 0.353. The number of carbonyl (C=O) groups excluding carboxylic acids is 2. The van der Waals surface area contributed by atoms with Crippen LogP contribution in [0.25, 0.3) is 0 Å². The zero-order chi connectivity index (χ0) is 26.2. The summed E-state index contributed by atoms with van der Waals surface area (Å²) in [5.74, 6) is -0.558. The van der Waals surface area contributed by atoms with Crippen molar-refractivity contribution < 1.29 is 18.0 Å². The molecule has 2 amide bonds. The Kier molecular flexibility index (Phi) is 10.5. The molecule has 192 valence electrons. The lowest BCUT2D eigenvalue weighted by Gasteiger charge is -2.34. The zero-order valence-electron chi connectivity index (χ0n) is 20.9. The lowest BCUT2D eigenvalue weighted by atomic mass is 10.1. The summed E-state index contributed by atoms with van der Waals surface area (Å²) in [5.41, 5.74) is 1.02. The molecule has 10 heteroatoms. The molecule has 0 aliphatic heterocycles. The summed E-state index contributed by atoms with van der Waals surface area (Å²) < 4.78 is 28.4. The van der Waals surface area contributed by atoms with Gasteiger partial charge in [0.15, 0.2) is 0 Å². The van der Waals surface area contributed by atoms with Gasteiger partial charge < -0.3 is 10.2 Å². The lowest BCUT2D eigenvalue weighted by Crippen LogP contribution is -2.53. The highest BCUT2D eigenvalue weighted by molar-refractivity contribution is 7.90. The Labute approximate surface area is 214 Å². The number of hydrogen-bond acceptors (Lipinski definition) is 4. The molecule has 1 atom stereocenters. The number of nitrogens with one attached hydrogen (secondary N) is 1. The van der Waals surface area contributed by atoms with Gasteiger partial charge in [-0.05, 0) is 36.1 Å². The minimum atomic E-state index is -3.98. The smallest absolute Gasteiger partial charge is 0.304 e. The Hall–Kier alpha value is -2.62. The maximum absolute atomic E-state index is 13.7. The number of anilines is 1. The van der Waals surface area contributed by atoms with Gasteiger partial charge in [0.05, 0.1) is 5.69 Å². The number of rotatable bonds is 12. The normalized spacial score (nSPS) is 12.5. The van der Waals surface area contributed by atoms with Crippen LogP contribution in [-0.4, -0.2) is 62.7 Å². The number of para-hydroxylation sites is 1. The fraction of sp³-hybridized carbons (Fsp3) is 0.440. The van der Waals surface area contributed by atoms with Crippen LogP contribution in [-0.2, 0) is 26.3 Å². The highest BCUT2D eigenvalue weighted by atomic mass is 35.5. The van der Waals surface area contributed by atoms with Crippen LogP contribution >= 0.6 is 11.6 Å². The summed E-state index contributed by atoms with van der Waals surface area (Å²) in [5, 5.41) is 3.36. The van der Waals surface area contributed by atoms with Crippen LogP contribution < -0.4 is 9.62 Å². The minimum absolute atomic E-state index is 0.0662. The van der Waals surface area contributed by atoms with E-state index in [4.69, 9.17) is 11.6 Å². The van der Waals surface area contributed by atoms with Gasteiger partial charge in [-0.1, -0.05) is 68.8 Å². The van der Waals surface area contributed by atoms with Crippen molar-refractivity contribution in [1.82, 2.24) is 14.5 Å². The third-order valence-corrected chi connectivity index (χ3v) is 7.62. The molecule has 2 aromatic carbocycles. The molecule has 0 aliphatic carbocycles. The van der Waals surface area contributed by atoms with E-state index in [2.05, 4.69) is 5.32 Å². The molecule has 0 bridgehead atoms. The summed E-state index contributed by atoms with van der Waals surface area (Å²) in [7, 11) is -1.17. The van der Waals surface area contributed by atoms with Crippen molar-refractivity contribution in [2.45, 2.75) is 39.8 Å². The van der Waals surface area contributed by atoms with E-state index in [1.807, 2.05) is 20.8 Å². The standard InChI is InChI=1S/C25H35ClN4O4S/c1-6-23(25(32)27-16-19(2)3)29(17-20-12-10-11-15-22(20)26)24(31)18-30(35(33,34)28(4)5)21-13-8-7-9-14-21/h7-15,19,23H,6,16-18H2,1-5H3,(H,27,32)/t23-/m0/s1. The summed E-state index contributed by atoms with van der Waals surface area (Å²) >= 11 is 6.37. The van der Waals surface area contributed by atoms with Crippen LogP contribution in [0.4, 0.5) is 5.69 Å². The van der Waals surface area contributed by atoms with Crippen molar-refractivity contribution in [3.8, 4) is 0 Å². The summed E-state index contributed by atoms with van der Waals surface area (Å²) in [6.45, 7) is 5.85. The molecular weight excluding hydrogens is 488 g/mol. The van der Waals surface area contributed by atoms with Gasteiger partial charge in [-0.2, -0.15) is 12.7 Å². The van der Waals surface area contributed by atoms with Crippen molar-refractivity contribution in [2.24, 2.45) is 5.92 Å². The molecule has 2 aromatic rings. The van der Waals surface area contributed by atoms with Gasteiger partial charge in [0, 0.05) is 32.2 Å². The fourth-order valence-corrected chi connectivity index (χ4v) is 4.71. The van der Waals surface area contributed by atoms with E-state index in [1.165, 1.54) is 19.0 Å². The first-order chi connectivity index (χ1) is 16.5. The molecule has 2 rings (SSSR count). The van der Waals surface area contributed by atoms with Gasteiger partial charge in [0.2, 0.25) is 11.8 Å². The summed E-state index contributed by atoms with van der Waals surface area (Å²) in [4.78, 5) is 28.2. The third-order valence-electron chi connectivity index (χ3n) is 5.43. The molecule has 0 unspecified atom stereocenters. The average Bonchev–Trinajstić information content (AvgIpc) is 2.82. The molecule has 0 spiro atoms. The maximum atomic E-state index is 13.7. The second kappa shape index (κ2) is 12.9. The third kappa shape index (κ3) is 7.68. The lowest BCUT2D eigenvalue weighted by molar-refractivity contribution is -0.140. The van der Waals surface area contributed by atoms with Crippen molar-refractivity contribution >= 4 is 39.3 Å². The molecule has 35 heavy (non-hydrogen) atoms. The van der Waals surface area contributed by atoms with Gasteiger partial charge in [0.25, 0.3) is 0 Å². The van der Waals surface area contributed by atoms with Crippen molar-refractivity contribution in [3.05, 3.63) is 65.2 Å². The Morgan fingerprint density at radius 1 is 1.00 bits per heavy atom. The van der Waals surface area contributed by atoms with E-state index in [0.717, 1.165) is 8.61 Å². The molecule has 0 fully saturated rings. The van der Waals surface area contributed by atoms with Gasteiger partial charge in [-0.3, -0.25) is 9.59 Å². The average molecular weight is 523 g/mol. The quantitative estimate of drug-likeness (QED) is 0.461. The largest absolute Gasteiger partial charge is 0.354 e. The zero-order valence-corrected chi connectivity index (χ0v) is 22.5. The molecule has 0 saturated heterocycles. The number of hydrogen-bond donors (Lipinski definition) is 1. The second-order valence-electron chi connectivity index (χ2n) is 8.81. The molecule has 0 heterocycles. The molecule has 1 N–H and O–H groups in total. The van der Waals surface area contributed by atoms with Crippen LogP contribution in [0.5, 0.6) is 0 Å². The first-order valence-corrected chi connectivity index (χ1v) is 13.3. The number of benzene rings is 2. The maximum Gasteiger partial charge on any atom is 0.304 e. The highest BCUT2D eigenvalue weighted by Gasteiger charge is 2.33. The highest BCUT2D eigenvalue weighted by Crippen LogP contribution is 2.23. The van der Waals surface area contributed by atoms with Crippen LogP contribution in [0, 0.1) is 5.92 Å². The fourth-order valence-electron chi connectivity index (χ4n) is 3.46. The van der Waals surface area contributed by atoms with Crippen LogP contribution in [0.2, 0.25) is 5.02 Å². The monoisotopic (exact) mass is 522 g/mol. The van der Waals surface area contributed by atoms with Gasteiger partial charge in [-0.25, -0.2) is 4.31 Å². The topological polar surface area (TPSA) is 90.0 Å². The van der Waals surface area contributed by atoms with E-state index in [9.17, 15) is 18.0 Å². The Bertz CT molecular complexity index is 1090. The minimum Gasteiger partial charge on any atom is -0.354 e. The van der Waals surface area contributed by atoms with Crippen LogP contribution in [0.3, 0.4) is 0 Å². The number of halogens is 1. The van der Waals surface area contributed by atoms with Crippen molar-refractivity contribution in [3.63, 3.8) is 0 Å².